The molecule has 4 nitrogen and oxygen atoms in total. The first-order chi connectivity index (χ1) is 9.09. The highest BCUT2D eigenvalue weighted by atomic mass is 35.5. The highest BCUT2D eigenvalue weighted by molar-refractivity contribution is 6.38. The van der Waals surface area contributed by atoms with Crippen LogP contribution < -0.4 is 10.2 Å². The molecule has 1 amide bonds. The average Bonchev–Trinajstić information content (AvgIpc) is 2.60. The first-order valence-electron chi connectivity index (χ1n) is 6.33. The molecule has 2 aliphatic heterocycles. The van der Waals surface area contributed by atoms with Gasteiger partial charge in [0.05, 0.1) is 16.3 Å². The Hall–Kier alpha value is -0.970. The Morgan fingerprint density at radius 1 is 1.32 bits per heavy atom. The first-order valence-corrected chi connectivity index (χ1v) is 7.09. The summed E-state index contributed by atoms with van der Waals surface area (Å²) in [7, 11) is 1.83. The van der Waals surface area contributed by atoms with E-state index < -0.39 is 0 Å². The quantitative estimate of drug-likeness (QED) is 0.798. The lowest BCUT2D eigenvalue weighted by molar-refractivity contribution is 0.0705. The molecule has 3 rings (SSSR count). The molecule has 2 aliphatic rings. The van der Waals surface area contributed by atoms with Gasteiger partial charge in [-0.3, -0.25) is 4.79 Å². The lowest BCUT2D eigenvalue weighted by Crippen LogP contribution is -2.53. The van der Waals surface area contributed by atoms with Gasteiger partial charge in [0.1, 0.15) is 6.17 Å². The Labute approximate surface area is 122 Å². The molecule has 0 bridgehead atoms. The summed E-state index contributed by atoms with van der Waals surface area (Å²) in [5, 5.41) is 4.35. The maximum absolute atomic E-state index is 12.5. The van der Waals surface area contributed by atoms with Crippen LogP contribution in [0.4, 0.5) is 5.69 Å². The summed E-state index contributed by atoms with van der Waals surface area (Å²) in [6.07, 6.45) is 0.968. The van der Waals surface area contributed by atoms with E-state index in [1.165, 1.54) is 0 Å². The zero-order valence-corrected chi connectivity index (χ0v) is 12.1. The predicted octanol–water partition coefficient (Wildman–Crippen LogP) is 2.20. The fourth-order valence-electron chi connectivity index (χ4n) is 2.85. The number of nitrogens with one attached hydrogen (secondary N) is 1. The van der Waals surface area contributed by atoms with Gasteiger partial charge in [0.15, 0.2) is 0 Å². The third-order valence-corrected chi connectivity index (χ3v) is 4.31. The van der Waals surface area contributed by atoms with Crippen LogP contribution in [0.15, 0.2) is 12.1 Å². The smallest absolute Gasteiger partial charge is 0.258 e. The molecule has 6 heteroatoms. The van der Waals surface area contributed by atoms with Crippen LogP contribution in [0, 0.1) is 0 Å². The monoisotopic (exact) mass is 299 g/mol. The molecule has 0 saturated carbocycles. The van der Waals surface area contributed by atoms with Gasteiger partial charge in [0, 0.05) is 25.2 Å². The third-order valence-electron chi connectivity index (χ3n) is 3.79. The first kappa shape index (κ1) is 13.0. The van der Waals surface area contributed by atoms with E-state index in [4.69, 9.17) is 23.2 Å². The molecule has 1 aromatic carbocycles. The van der Waals surface area contributed by atoms with Crippen molar-refractivity contribution in [1.82, 2.24) is 10.2 Å². The van der Waals surface area contributed by atoms with Crippen molar-refractivity contribution < 1.29 is 4.79 Å². The molecule has 0 aliphatic carbocycles. The number of anilines is 1. The minimum absolute atomic E-state index is 0.0279. The Bertz CT molecular complexity index is 535. The minimum Gasteiger partial charge on any atom is -0.349 e. The number of rotatable bonds is 0. The van der Waals surface area contributed by atoms with Gasteiger partial charge in [-0.2, -0.15) is 0 Å². The number of nitrogens with zero attached hydrogens (tertiary/aromatic N) is 2. The van der Waals surface area contributed by atoms with Crippen molar-refractivity contribution in [3.8, 4) is 0 Å². The summed E-state index contributed by atoms with van der Waals surface area (Å²) in [6, 6.07) is 3.47. The van der Waals surface area contributed by atoms with Crippen molar-refractivity contribution in [3.63, 3.8) is 0 Å². The van der Waals surface area contributed by atoms with Crippen molar-refractivity contribution in [3.05, 3.63) is 27.7 Å². The van der Waals surface area contributed by atoms with Crippen LogP contribution in [0.5, 0.6) is 0 Å². The van der Waals surface area contributed by atoms with Crippen molar-refractivity contribution in [2.24, 2.45) is 0 Å². The van der Waals surface area contributed by atoms with Crippen LogP contribution in [0.25, 0.3) is 0 Å². The van der Waals surface area contributed by atoms with E-state index in [9.17, 15) is 4.79 Å². The normalized spacial score (nSPS) is 22.9. The van der Waals surface area contributed by atoms with E-state index in [-0.39, 0.29) is 12.1 Å². The van der Waals surface area contributed by atoms with Crippen LogP contribution in [-0.2, 0) is 0 Å². The van der Waals surface area contributed by atoms with Gasteiger partial charge < -0.3 is 15.1 Å². The summed E-state index contributed by atoms with van der Waals surface area (Å²) in [5.41, 5.74) is 1.42. The maximum Gasteiger partial charge on any atom is 0.258 e. The van der Waals surface area contributed by atoms with Gasteiger partial charge in [-0.05, 0) is 25.1 Å². The molecule has 0 radical (unpaired) electrons. The molecule has 1 N–H and O–H groups in total. The van der Waals surface area contributed by atoms with Gasteiger partial charge in [-0.25, -0.2) is 0 Å². The zero-order valence-electron chi connectivity index (χ0n) is 10.6. The fourth-order valence-corrected chi connectivity index (χ4v) is 3.42. The van der Waals surface area contributed by atoms with E-state index in [1.807, 2.05) is 13.1 Å². The standard InChI is InChI=1S/C13H15Cl2N3O/c1-17-11-2-3-16-4-5-18(11)10-7-8(14)6-9(15)12(10)13(17)19/h6-7,11,16H,2-5H2,1H3/t11-/m1/s1. The van der Waals surface area contributed by atoms with Gasteiger partial charge in [0.25, 0.3) is 5.91 Å². The lowest BCUT2D eigenvalue weighted by Gasteiger charge is -2.43. The number of hydrogen-bond donors (Lipinski definition) is 1. The number of halogens is 2. The molecule has 19 heavy (non-hydrogen) atoms. The molecule has 1 atom stereocenters. The number of carbonyl (C=O) groups is 1. The summed E-state index contributed by atoms with van der Waals surface area (Å²) in [5.74, 6) is -0.0279. The summed E-state index contributed by atoms with van der Waals surface area (Å²) in [4.78, 5) is 16.5. The van der Waals surface area contributed by atoms with E-state index in [0.29, 0.717) is 15.6 Å². The second-order valence-electron chi connectivity index (χ2n) is 4.91. The highest BCUT2D eigenvalue weighted by Crippen LogP contribution is 2.38. The van der Waals surface area contributed by atoms with Crippen molar-refractivity contribution in [2.45, 2.75) is 12.6 Å². The average molecular weight is 300 g/mol. The Morgan fingerprint density at radius 2 is 2.11 bits per heavy atom. The van der Waals surface area contributed by atoms with Gasteiger partial charge in [0.2, 0.25) is 0 Å². The topological polar surface area (TPSA) is 35.6 Å². The van der Waals surface area contributed by atoms with E-state index in [0.717, 1.165) is 31.7 Å². The maximum atomic E-state index is 12.5. The van der Waals surface area contributed by atoms with E-state index >= 15 is 0 Å². The molecule has 1 fully saturated rings. The van der Waals surface area contributed by atoms with Crippen LogP contribution >= 0.6 is 23.2 Å². The molecule has 0 aromatic heterocycles. The fraction of sp³-hybridized carbons (Fsp3) is 0.462. The second-order valence-corrected chi connectivity index (χ2v) is 5.75. The summed E-state index contributed by atoms with van der Waals surface area (Å²) in [6.45, 7) is 2.64. The van der Waals surface area contributed by atoms with Crippen molar-refractivity contribution >= 4 is 34.8 Å². The molecule has 0 unspecified atom stereocenters. The van der Waals surface area contributed by atoms with Crippen LogP contribution in [0.1, 0.15) is 16.8 Å². The molecule has 1 aromatic rings. The van der Waals surface area contributed by atoms with Crippen LogP contribution in [0.3, 0.4) is 0 Å². The molecular weight excluding hydrogens is 285 g/mol. The number of amides is 1. The van der Waals surface area contributed by atoms with Crippen LogP contribution in [0.2, 0.25) is 10.0 Å². The number of hydrogen-bond acceptors (Lipinski definition) is 3. The summed E-state index contributed by atoms with van der Waals surface area (Å²) < 4.78 is 0. The molecule has 1 saturated heterocycles. The summed E-state index contributed by atoms with van der Waals surface area (Å²) >= 11 is 12.3. The SMILES string of the molecule is CN1C(=O)c2c(Cl)cc(Cl)cc2N2CCNCC[C@H]12. The van der Waals surface area contributed by atoms with E-state index in [1.54, 1.807) is 11.0 Å². The van der Waals surface area contributed by atoms with Gasteiger partial charge in [-0.15, -0.1) is 0 Å². The minimum atomic E-state index is -0.0279. The number of fused-ring (bicyclic) bond motifs is 3. The molecule has 2 heterocycles. The lowest BCUT2D eigenvalue weighted by atomic mass is 10.0. The van der Waals surface area contributed by atoms with E-state index in [2.05, 4.69) is 10.2 Å². The number of benzene rings is 1. The Morgan fingerprint density at radius 3 is 2.89 bits per heavy atom. The van der Waals surface area contributed by atoms with Crippen molar-refractivity contribution in [2.75, 3.05) is 31.6 Å². The zero-order chi connectivity index (χ0) is 13.6. The number of carbonyl (C=O) groups excluding carboxylic acids is 1. The second kappa shape index (κ2) is 4.85. The molecule has 102 valence electrons. The largest absolute Gasteiger partial charge is 0.349 e. The molecular formula is C13H15Cl2N3O. The third kappa shape index (κ3) is 2.08. The predicted molar refractivity (Wildman–Crippen MR) is 77.2 cm³/mol. The molecule has 0 spiro atoms. The van der Waals surface area contributed by atoms with Gasteiger partial charge >= 0.3 is 0 Å². The van der Waals surface area contributed by atoms with Gasteiger partial charge in [-0.1, -0.05) is 23.2 Å². The Kier molecular flexibility index (Phi) is 3.33. The highest BCUT2D eigenvalue weighted by Gasteiger charge is 2.37. The van der Waals surface area contributed by atoms with Crippen LogP contribution in [-0.4, -0.2) is 43.7 Å². The van der Waals surface area contributed by atoms with Crippen molar-refractivity contribution in [1.29, 1.82) is 0 Å². The Balaban J connectivity index is 2.16.